The molecule has 0 bridgehead atoms. The minimum atomic E-state index is -0.991. The summed E-state index contributed by atoms with van der Waals surface area (Å²) < 4.78 is 10.6. The molecule has 5 nitrogen and oxygen atoms in total. The molecular weight excluding hydrogens is 344 g/mol. The third-order valence-electron chi connectivity index (χ3n) is 3.81. The predicted molar refractivity (Wildman–Crippen MR) is 107 cm³/mol. The molecule has 0 amide bonds. The van der Waals surface area contributed by atoms with Gasteiger partial charge < -0.3 is 14.6 Å². The summed E-state index contributed by atoms with van der Waals surface area (Å²) in [6, 6.07) is 5.52. The first-order valence-electron chi connectivity index (χ1n) is 8.84. The fraction of sp³-hybridized carbons (Fsp3) is 0.364. The highest BCUT2D eigenvalue weighted by molar-refractivity contribution is 5.85. The van der Waals surface area contributed by atoms with Crippen LogP contribution >= 0.6 is 0 Å². The van der Waals surface area contributed by atoms with Gasteiger partial charge in [-0.15, -0.1) is 0 Å². The first-order valence-corrected chi connectivity index (χ1v) is 8.84. The molecule has 0 unspecified atom stereocenters. The van der Waals surface area contributed by atoms with E-state index >= 15 is 0 Å². The molecule has 0 aliphatic heterocycles. The molecular formula is C22H28O5. The van der Waals surface area contributed by atoms with Crippen LogP contribution in [0.15, 0.2) is 47.6 Å². The van der Waals surface area contributed by atoms with Gasteiger partial charge in [0.1, 0.15) is 12.4 Å². The van der Waals surface area contributed by atoms with E-state index in [0.717, 1.165) is 41.4 Å². The van der Waals surface area contributed by atoms with Crippen molar-refractivity contribution in [1.29, 1.82) is 0 Å². The summed E-state index contributed by atoms with van der Waals surface area (Å²) in [5, 5.41) is 8.78. The molecule has 27 heavy (non-hydrogen) atoms. The first kappa shape index (κ1) is 22.2. The summed E-state index contributed by atoms with van der Waals surface area (Å²) in [7, 11) is 1.60. The zero-order valence-corrected chi connectivity index (χ0v) is 16.5. The maximum atomic E-state index is 11.1. The van der Waals surface area contributed by atoms with Crippen LogP contribution in [0.4, 0.5) is 0 Å². The average Bonchev–Trinajstić information content (AvgIpc) is 2.61. The van der Waals surface area contributed by atoms with E-state index in [1.54, 1.807) is 19.3 Å². The van der Waals surface area contributed by atoms with Gasteiger partial charge in [-0.3, -0.25) is 4.79 Å². The molecule has 146 valence electrons. The third kappa shape index (κ3) is 9.45. The highest BCUT2D eigenvalue weighted by Crippen LogP contribution is 2.22. The molecule has 0 saturated heterocycles. The molecule has 1 aromatic carbocycles. The second kappa shape index (κ2) is 11.7. The maximum absolute atomic E-state index is 11.1. The highest BCUT2D eigenvalue weighted by Gasteiger charge is 2.05. The van der Waals surface area contributed by atoms with Gasteiger partial charge in [0.15, 0.2) is 0 Å². The van der Waals surface area contributed by atoms with E-state index in [2.05, 4.69) is 19.9 Å². The van der Waals surface area contributed by atoms with Crippen molar-refractivity contribution in [2.45, 2.75) is 40.0 Å². The number of carboxylic acids is 1. The van der Waals surface area contributed by atoms with E-state index in [1.807, 2.05) is 18.2 Å². The number of methoxy groups -OCH3 is 1. The van der Waals surface area contributed by atoms with E-state index in [4.69, 9.17) is 14.6 Å². The van der Waals surface area contributed by atoms with Gasteiger partial charge in [-0.2, -0.15) is 0 Å². The van der Waals surface area contributed by atoms with Crippen LogP contribution in [0, 0.1) is 0 Å². The molecule has 0 aromatic heterocycles. The van der Waals surface area contributed by atoms with Crippen LogP contribution in [-0.4, -0.2) is 30.8 Å². The SMILES string of the molecule is COc1ccc(/C=C\C(=O)O)cc1C/C=C(\CCC=C(C)C)COC(C)=O. The monoisotopic (exact) mass is 372 g/mol. The number of hydrogen-bond donors (Lipinski definition) is 1. The number of benzene rings is 1. The summed E-state index contributed by atoms with van der Waals surface area (Å²) in [5.74, 6) is -0.563. The number of hydrogen-bond acceptors (Lipinski definition) is 4. The van der Waals surface area contributed by atoms with Crippen LogP contribution in [0.5, 0.6) is 5.75 Å². The second-order valence-electron chi connectivity index (χ2n) is 6.41. The van der Waals surface area contributed by atoms with Gasteiger partial charge in [-0.05, 0) is 68.0 Å². The molecule has 1 aromatic rings. The lowest BCUT2D eigenvalue weighted by Gasteiger charge is -2.10. The Morgan fingerprint density at radius 1 is 1.15 bits per heavy atom. The fourth-order valence-corrected chi connectivity index (χ4v) is 2.46. The van der Waals surface area contributed by atoms with Gasteiger partial charge in [0.2, 0.25) is 0 Å². The van der Waals surface area contributed by atoms with E-state index in [1.165, 1.54) is 12.5 Å². The Kier molecular flexibility index (Phi) is 9.65. The van der Waals surface area contributed by atoms with Crippen LogP contribution in [0.1, 0.15) is 44.7 Å². The number of rotatable bonds is 10. The number of carboxylic acid groups (broad SMARTS) is 1. The van der Waals surface area contributed by atoms with Gasteiger partial charge in [0, 0.05) is 13.0 Å². The van der Waals surface area contributed by atoms with Crippen molar-refractivity contribution in [1.82, 2.24) is 0 Å². The van der Waals surface area contributed by atoms with Gasteiger partial charge in [-0.25, -0.2) is 4.79 Å². The first-order chi connectivity index (χ1) is 12.8. The molecule has 1 rings (SSSR count). The summed E-state index contributed by atoms with van der Waals surface area (Å²) in [4.78, 5) is 21.8. The molecule has 0 atom stereocenters. The molecule has 0 fully saturated rings. The van der Waals surface area contributed by atoms with Crippen molar-refractivity contribution in [3.63, 3.8) is 0 Å². The number of allylic oxidation sites excluding steroid dienone is 3. The van der Waals surface area contributed by atoms with Crippen molar-refractivity contribution >= 4 is 18.0 Å². The van der Waals surface area contributed by atoms with Crippen LogP contribution in [0.3, 0.4) is 0 Å². The Morgan fingerprint density at radius 3 is 2.48 bits per heavy atom. The minimum Gasteiger partial charge on any atom is -0.496 e. The quantitative estimate of drug-likeness (QED) is 0.370. The number of carbonyl (C=O) groups is 2. The third-order valence-corrected chi connectivity index (χ3v) is 3.81. The number of aliphatic carboxylic acids is 1. The van der Waals surface area contributed by atoms with Gasteiger partial charge in [0.05, 0.1) is 7.11 Å². The Labute approximate surface area is 161 Å². The van der Waals surface area contributed by atoms with Crippen molar-refractivity contribution in [2.75, 3.05) is 13.7 Å². The Balaban J connectivity index is 2.99. The zero-order valence-electron chi connectivity index (χ0n) is 16.5. The van der Waals surface area contributed by atoms with Gasteiger partial charge >= 0.3 is 11.9 Å². The van der Waals surface area contributed by atoms with Crippen LogP contribution in [-0.2, 0) is 20.7 Å². The van der Waals surface area contributed by atoms with Gasteiger partial charge in [-0.1, -0.05) is 23.8 Å². The number of esters is 1. The van der Waals surface area contributed by atoms with Crippen molar-refractivity contribution in [3.05, 3.63) is 58.7 Å². The molecule has 0 heterocycles. The summed E-state index contributed by atoms with van der Waals surface area (Å²) in [5.41, 5.74) is 4.01. The lowest BCUT2D eigenvalue weighted by Crippen LogP contribution is -2.04. The lowest BCUT2D eigenvalue weighted by molar-refractivity contribution is -0.140. The smallest absolute Gasteiger partial charge is 0.328 e. The number of carbonyl (C=O) groups excluding carboxylic acids is 1. The highest BCUT2D eigenvalue weighted by atomic mass is 16.5. The molecule has 0 saturated carbocycles. The summed E-state index contributed by atoms with van der Waals surface area (Å²) in [6.45, 7) is 5.77. The molecule has 0 spiro atoms. The van der Waals surface area contributed by atoms with E-state index in [0.29, 0.717) is 6.42 Å². The lowest BCUT2D eigenvalue weighted by atomic mass is 10.0. The van der Waals surface area contributed by atoms with Crippen molar-refractivity contribution in [3.8, 4) is 5.75 Å². The molecule has 5 heteroatoms. The Morgan fingerprint density at radius 2 is 1.89 bits per heavy atom. The van der Waals surface area contributed by atoms with Crippen molar-refractivity contribution < 1.29 is 24.2 Å². The molecule has 0 aliphatic carbocycles. The standard InChI is InChI=1S/C22H28O5/c1-16(2)6-5-7-19(15-27-17(3)23)8-11-20-14-18(10-13-22(24)25)9-12-21(20)26-4/h6,8-10,12-14H,5,7,11,15H2,1-4H3,(H,24,25)/b13-10-,19-8+. The fourth-order valence-electron chi connectivity index (χ4n) is 2.46. The normalized spacial score (nSPS) is 11.3. The van der Waals surface area contributed by atoms with Crippen LogP contribution in [0.2, 0.25) is 0 Å². The largest absolute Gasteiger partial charge is 0.496 e. The van der Waals surface area contributed by atoms with Crippen molar-refractivity contribution in [2.24, 2.45) is 0 Å². The number of ether oxygens (including phenoxy) is 2. The molecule has 0 aliphatic rings. The average molecular weight is 372 g/mol. The zero-order chi connectivity index (χ0) is 20.2. The van der Waals surface area contributed by atoms with E-state index in [-0.39, 0.29) is 12.6 Å². The van der Waals surface area contributed by atoms with Crippen LogP contribution < -0.4 is 4.74 Å². The molecule has 1 N–H and O–H groups in total. The Bertz CT molecular complexity index is 737. The van der Waals surface area contributed by atoms with Gasteiger partial charge in [0.25, 0.3) is 0 Å². The second-order valence-corrected chi connectivity index (χ2v) is 6.41. The maximum Gasteiger partial charge on any atom is 0.328 e. The summed E-state index contributed by atoms with van der Waals surface area (Å²) in [6.07, 6.45) is 9.14. The Hall–Kier alpha value is -2.82. The van der Waals surface area contributed by atoms with E-state index < -0.39 is 5.97 Å². The predicted octanol–water partition coefficient (Wildman–Crippen LogP) is 4.57. The van der Waals surface area contributed by atoms with Crippen LogP contribution in [0.25, 0.3) is 6.08 Å². The topological polar surface area (TPSA) is 72.8 Å². The molecule has 0 radical (unpaired) electrons. The minimum absolute atomic E-state index is 0.271. The van der Waals surface area contributed by atoms with E-state index in [9.17, 15) is 9.59 Å². The summed E-state index contributed by atoms with van der Waals surface area (Å²) >= 11 is 0.